The molecule has 0 aliphatic carbocycles. The van der Waals surface area contributed by atoms with Gasteiger partial charge in [-0.05, 0) is 31.9 Å². The van der Waals surface area contributed by atoms with Crippen molar-refractivity contribution in [1.82, 2.24) is 0 Å². The molecule has 1 unspecified atom stereocenters. The van der Waals surface area contributed by atoms with Crippen LogP contribution in [0.2, 0.25) is 0 Å². The Kier molecular flexibility index (Phi) is 5.20. The van der Waals surface area contributed by atoms with Crippen molar-refractivity contribution in [2.75, 3.05) is 11.6 Å². The van der Waals surface area contributed by atoms with Crippen LogP contribution < -0.4 is 0 Å². The van der Waals surface area contributed by atoms with Crippen molar-refractivity contribution in [1.29, 1.82) is 0 Å². The summed E-state index contributed by atoms with van der Waals surface area (Å²) in [4.78, 5) is 0.921. The average Bonchev–Trinajstić information content (AvgIpc) is 2.19. The molecular weight excluding hydrogens is 216 g/mol. The number of halogens is 1. The molecule has 0 heterocycles. The number of aryl methyl sites for hydroxylation is 1. The highest BCUT2D eigenvalue weighted by molar-refractivity contribution is 7.85. The van der Waals surface area contributed by atoms with Gasteiger partial charge in [-0.15, -0.1) is 11.6 Å². The third-order valence-electron chi connectivity index (χ3n) is 2.00. The molecule has 1 nitrogen and oxygen atoms in total. The molecule has 0 fully saturated rings. The molecule has 0 aromatic heterocycles. The Morgan fingerprint density at radius 1 is 1.21 bits per heavy atom. The van der Waals surface area contributed by atoms with E-state index in [1.54, 1.807) is 0 Å². The third-order valence-corrected chi connectivity index (χ3v) is 3.72. The second kappa shape index (κ2) is 6.20. The average molecular weight is 231 g/mol. The van der Waals surface area contributed by atoms with Crippen LogP contribution in [-0.2, 0) is 10.8 Å². The van der Waals surface area contributed by atoms with Gasteiger partial charge in [0.1, 0.15) is 0 Å². The van der Waals surface area contributed by atoms with Crippen LogP contribution in [-0.4, -0.2) is 15.8 Å². The number of benzene rings is 1. The van der Waals surface area contributed by atoms with E-state index in [4.69, 9.17) is 11.6 Å². The quantitative estimate of drug-likeness (QED) is 0.561. The molecule has 0 spiro atoms. The predicted molar refractivity (Wildman–Crippen MR) is 62.4 cm³/mol. The predicted octanol–water partition coefficient (Wildman–Crippen LogP) is 3.12. The zero-order valence-corrected chi connectivity index (χ0v) is 9.90. The first-order valence-electron chi connectivity index (χ1n) is 4.75. The van der Waals surface area contributed by atoms with Gasteiger partial charge in [0, 0.05) is 16.5 Å². The van der Waals surface area contributed by atoms with Crippen molar-refractivity contribution in [3.05, 3.63) is 29.8 Å². The first-order chi connectivity index (χ1) is 6.74. The van der Waals surface area contributed by atoms with Crippen LogP contribution in [0.3, 0.4) is 0 Å². The highest BCUT2D eigenvalue weighted by atomic mass is 35.5. The van der Waals surface area contributed by atoms with Crippen molar-refractivity contribution in [3.8, 4) is 0 Å². The SMILES string of the molecule is Cc1ccc(S(=O)CCCCCl)cc1. The van der Waals surface area contributed by atoms with Gasteiger partial charge in [0.15, 0.2) is 0 Å². The minimum Gasteiger partial charge on any atom is -0.254 e. The van der Waals surface area contributed by atoms with E-state index in [1.165, 1.54) is 5.56 Å². The molecule has 1 aromatic carbocycles. The van der Waals surface area contributed by atoms with Crippen LogP contribution in [0.25, 0.3) is 0 Å². The van der Waals surface area contributed by atoms with Gasteiger partial charge in [-0.25, -0.2) is 0 Å². The molecule has 0 aliphatic heterocycles. The molecule has 0 bridgehead atoms. The summed E-state index contributed by atoms with van der Waals surface area (Å²) < 4.78 is 11.7. The normalized spacial score (nSPS) is 12.7. The van der Waals surface area contributed by atoms with E-state index < -0.39 is 10.8 Å². The summed E-state index contributed by atoms with van der Waals surface area (Å²) in [6, 6.07) is 7.86. The van der Waals surface area contributed by atoms with Crippen LogP contribution in [0.4, 0.5) is 0 Å². The van der Waals surface area contributed by atoms with E-state index in [0.29, 0.717) is 5.88 Å². The van der Waals surface area contributed by atoms with E-state index in [-0.39, 0.29) is 0 Å². The molecule has 0 radical (unpaired) electrons. The van der Waals surface area contributed by atoms with Crippen molar-refractivity contribution in [2.24, 2.45) is 0 Å². The number of rotatable bonds is 5. The summed E-state index contributed by atoms with van der Waals surface area (Å²) in [6.07, 6.45) is 1.88. The standard InChI is InChI=1S/C11H15ClOS/c1-10-4-6-11(7-5-10)14(13)9-3-2-8-12/h4-7H,2-3,8-9H2,1H3. The topological polar surface area (TPSA) is 17.1 Å². The molecule has 0 saturated carbocycles. The maximum absolute atomic E-state index is 11.7. The summed E-state index contributed by atoms with van der Waals surface area (Å²) in [5.41, 5.74) is 1.20. The maximum Gasteiger partial charge on any atom is 0.0529 e. The number of alkyl halides is 1. The molecule has 1 rings (SSSR count). The lowest BCUT2D eigenvalue weighted by molar-refractivity contribution is 0.679. The Bertz CT molecular complexity index is 295. The van der Waals surface area contributed by atoms with Crippen molar-refractivity contribution < 1.29 is 4.21 Å². The summed E-state index contributed by atoms with van der Waals surface area (Å²) >= 11 is 5.55. The van der Waals surface area contributed by atoms with Crippen LogP contribution in [0.15, 0.2) is 29.2 Å². The smallest absolute Gasteiger partial charge is 0.0529 e. The molecule has 0 N–H and O–H groups in total. The Morgan fingerprint density at radius 3 is 2.43 bits per heavy atom. The number of unbranched alkanes of at least 4 members (excludes halogenated alkanes) is 1. The molecular formula is C11H15ClOS. The molecule has 0 amide bonds. The van der Waals surface area contributed by atoms with Gasteiger partial charge in [0.05, 0.1) is 10.8 Å². The zero-order chi connectivity index (χ0) is 10.4. The molecule has 14 heavy (non-hydrogen) atoms. The Morgan fingerprint density at radius 2 is 1.86 bits per heavy atom. The van der Waals surface area contributed by atoms with E-state index in [1.807, 2.05) is 31.2 Å². The lowest BCUT2D eigenvalue weighted by Gasteiger charge is -2.01. The molecule has 0 saturated heterocycles. The minimum atomic E-state index is -0.852. The Hall–Kier alpha value is -0.340. The van der Waals surface area contributed by atoms with E-state index in [0.717, 1.165) is 23.5 Å². The minimum absolute atomic E-state index is 0.658. The van der Waals surface area contributed by atoms with Gasteiger partial charge in [0.25, 0.3) is 0 Å². The number of hydrogen-bond acceptors (Lipinski definition) is 1. The van der Waals surface area contributed by atoms with Gasteiger partial charge in [-0.2, -0.15) is 0 Å². The summed E-state index contributed by atoms with van der Waals surface area (Å²) in [7, 11) is -0.852. The lowest BCUT2D eigenvalue weighted by atomic mass is 10.2. The Labute approximate surface area is 92.9 Å². The highest BCUT2D eigenvalue weighted by Gasteiger charge is 2.02. The molecule has 1 atom stereocenters. The zero-order valence-electron chi connectivity index (χ0n) is 8.33. The molecule has 78 valence electrons. The van der Waals surface area contributed by atoms with E-state index in [9.17, 15) is 4.21 Å². The molecule has 1 aromatic rings. The van der Waals surface area contributed by atoms with Crippen LogP contribution in [0, 0.1) is 6.92 Å². The fraction of sp³-hybridized carbons (Fsp3) is 0.455. The van der Waals surface area contributed by atoms with Crippen molar-refractivity contribution in [2.45, 2.75) is 24.7 Å². The van der Waals surface area contributed by atoms with Gasteiger partial charge in [-0.3, -0.25) is 4.21 Å². The van der Waals surface area contributed by atoms with Gasteiger partial charge in [0.2, 0.25) is 0 Å². The van der Waals surface area contributed by atoms with Gasteiger partial charge >= 0.3 is 0 Å². The van der Waals surface area contributed by atoms with Crippen molar-refractivity contribution >= 4 is 22.4 Å². The monoisotopic (exact) mass is 230 g/mol. The first-order valence-corrected chi connectivity index (χ1v) is 6.60. The third kappa shape index (κ3) is 3.81. The van der Waals surface area contributed by atoms with Crippen LogP contribution in [0.5, 0.6) is 0 Å². The van der Waals surface area contributed by atoms with Gasteiger partial charge < -0.3 is 0 Å². The lowest BCUT2D eigenvalue weighted by Crippen LogP contribution is -1.98. The second-order valence-electron chi connectivity index (χ2n) is 3.26. The fourth-order valence-corrected chi connectivity index (χ4v) is 2.47. The van der Waals surface area contributed by atoms with Crippen LogP contribution in [0.1, 0.15) is 18.4 Å². The van der Waals surface area contributed by atoms with E-state index >= 15 is 0 Å². The molecule has 0 aliphatic rings. The Balaban J connectivity index is 2.48. The van der Waals surface area contributed by atoms with Crippen LogP contribution >= 0.6 is 11.6 Å². The highest BCUT2D eigenvalue weighted by Crippen LogP contribution is 2.09. The largest absolute Gasteiger partial charge is 0.254 e. The van der Waals surface area contributed by atoms with Crippen molar-refractivity contribution in [3.63, 3.8) is 0 Å². The summed E-state index contributed by atoms with van der Waals surface area (Å²) in [6.45, 7) is 2.03. The summed E-state index contributed by atoms with van der Waals surface area (Å²) in [5.74, 6) is 1.38. The first kappa shape index (κ1) is 11.7. The van der Waals surface area contributed by atoms with Gasteiger partial charge in [-0.1, -0.05) is 17.7 Å². The number of hydrogen-bond donors (Lipinski definition) is 0. The summed E-state index contributed by atoms with van der Waals surface area (Å²) in [5, 5.41) is 0. The fourth-order valence-electron chi connectivity index (χ4n) is 1.14. The second-order valence-corrected chi connectivity index (χ2v) is 5.21. The maximum atomic E-state index is 11.7. The molecule has 3 heteroatoms. The van der Waals surface area contributed by atoms with E-state index in [2.05, 4.69) is 0 Å².